The molecule has 0 amide bonds. The van der Waals surface area contributed by atoms with Gasteiger partial charge in [0.1, 0.15) is 0 Å². The fourth-order valence-electron chi connectivity index (χ4n) is 4.26. The number of hydrogen-bond donors (Lipinski definition) is 0. The molecule has 2 aliphatic heterocycles. The summed E-state index contributed by atoms with van der Waals surface area (Å²) in [5.41, 5.74) is 0. The summed E-state index contributed by atoms with van der Waals surface area (Å²) in [6.07, 6.45) is 21.4. The van der Waals surface area contributed by atoms with Gasteiger partial charge in [0, 0.05) is 12.8 Å². The van der Waals surface area contributed by atoms with Crippen molar-refractivity contribution in [3.63, 3.8) is 0 Å². The molecule has 134 valence electrons. The standard InChI is InChI=1S/C21H41N2/c1-2-3-4-5-6-7-8-9-10-13-17-22-19-15-20-23-18-14-11-12-16-21(22)23/h2-20H2,1H3/q+1. The monoisotopic (exact) mass is 321 g/mol. The Labute approximate surface area is 145 Å². The van der Waals surface area contributed by atoms with Crippen molar-refractivity contribution in [3.05, 3.63) is 0 Å². The van der Waals surface area contributed by atoms with Crippen LogP contribution in [0.15, 0.2) is 0 Å². The summed E-state index contributed by atoms with van der Waals surface area (Å²) in [5.74, 6) is 1.70. The number of nitrogens with zero attached hydrogens (tertiary/aromatic N) is 2. The van der Waals surface area contributed by atoms with E-state index in [1.54, 1.807) is 5.84 Å². The van der Waals surface area contributed by atoms with E-state index >= 15 is 0 Å². The van der Waals surface area contributed by atoms with Gasteiger partial charge in [-0.05, 0) is 32.1 Å². The van der Waals surface area contributed by atoms with Crippen LogP contribution in [0.5, 0.6) is 0 Å². The van der Waals surface area contributed by atoms with Gasteiger partial charge in [0.15, 0.2) is 0 Å². The molecule has 2 rings (SSSR count). The highest BCUT2D eigenvalue weighted by molar-refractivity contribution is 5.77. The zero-order valence-electron chi connectivity index (χ0n) is 15.8. The van der Waals surface area contributed by atoms with E-state index in [-0.39, 0.29) is 0 Å². The minimum atomic E-state index is 1.32. The van der Waals surface area contributed by atoms with Gasteiger partial charge < -0.3 is 0 Å². The molecule has 0 aliphatic carbocycles. The lowest BCUT2D eigenvalue weighted by molar-refractivity contribution is -0.539. The molecule has 0 aromatic heterocycles. The third-order valence-corrected chi connectivity index (χ3v) is 5.70. The molecular formula is C21H41N2+. The third-order valence-electron chi connectivity index (χ3n) is 5.70. The van der Waals surface area contributed by atoms with Gasteiger partial charge in [0.2, 0.25) is 5.84 Å². The van der Waals surface area contributed by atoms with E-state index < -0.39 is 0 Å². The molecule has 2 heterocycles. The normalized spacial score (nSPS) is 18.9. The minimum Gasteiger partial charge on any atom is -0.266 e. The average Bonchev–Trinajstić information content (AvgIpc) is 2.82. The predicted octanol–water partition coefficient (Wildman–Crippen LogP) is 5.60. The largest absolute Gasteiger partial charge is 0.266 e. The van der Waals surface area contributed by atoms with Crippen molar-refractivity contribution < 1.29 is 4.58 Å². The van der Waals surface area contributed by atoms with Crippen molar-refractivity contribution in [2.24, 2.45) is 0 Å². The second-order valence-electron chi connectivity index (χ2n) is 7.74. The predicted molar refractivity (Wildman–Crippen MR) is 102 cm³/mol. The highest BCUT2D eigenvalue weighted by atomic mass is 15.3. The highest BCUT2D eigenvalue weighted by Crippen LogP contribution is 2.16. The molecule has 0 saturated carbocycles. The van der Waals surface area contributed by atoms with Gasteiger partial charge in [-0.15, -0.1) is 0 Å². The van der Waals surface area contributed by atoms with Crippen molar-refractivity contribution in [1.29, 1.82) is 0 Å². The van der Waals surface area contributed by atoms with Crippen LogP contribution in [0.3, 0.4) is 0 Å². The van der Waals surface area contributed by atoms with E-state index in [2.05, 4.69) is 16.4 Å². The molecule has 2 heteroatoms. The lowest BCUT2D eigenvalue weighted by atomic mass is 10.1. The van der Waals surface area contributed by atoms with Crippen LogP contribution in [0.25, 0.3) is 0 Å². The molecule has 2 aliphatic rings. The molecule has 0 atom stereocenters. The Hall–Kier alpha value is -0.530. The maximum Gasteiger partial charge on any atom is 0.246 e. The number of amidine groups is 1. The van der Waals surface area contributed by atoms with Crippen molar-refractivity contribution in [3.8, 4) is 0 Å². The van der Waals surface area contributed by atoms with Gasteiger partial charge in [0.05, 0.1) is 26.2 Å². The van der Waals surface area contributed by atoms with Crippen LogP contribution in [-0.4, -0.2) is 41.5 Å². The quantitative estimate of drug-likeness (QED) is 0.355. The Balaban J connectivity index is 1.52. The van der Waals surface area contributed by atoms with Gasteiger partial charge in [0.25, 0.3) is 0 Å². The second-order valence-corrected chi connectivity index (χ2v) is 7.74. The summed E-state index contributed by atoms with van der Waals surface area (Å²) in [7, 11) is 0. The smallest absolute Gasteiger partial charge is 0.246 e. The summed E-state index contributed by atoms with van der Waals surface area (Å²) < 4.78 is 2.70. The van der Waals surface area contributed by atoms with Gasteiger partial charge in [-0.3, -0.25) is 9.48 Å². The summed E-state index contributed by atoms with van der Waals surface area (Å²) in [6, 6.07) is 0. The fourth-order valence-corrected chi connectivity index (χ4v) is 4.26. The molecule has 0 N–H and O–H groups in total. The van der Waals surface area contributed by atoms with E-state index in [4.69, 9.17) is 0 Å². The van der Waals surface area contributed by atoms with Crippen molar-refractivity contribution in [2.75, 3.05) is 26.2 Å². The fraction of sp³-hybridized carbons (Fsp3) is 0.952. The summed E-state index contributed by atoms with van der Waals surface area (Å²) in [4.78, 5) is 2.74. The molecule has 0 radical (unpaired) electrons. The maximum atomic E-state index is 2.74. The van der Waals surface area contributed by atoms with Gasteiger partial charge in [-0.1, -0.05) is 58.3 Å². The first-order valence-electron chi connectivity index (χ1n) is 10.8. The van der Waals surface area contributed by atoms with Crippen molar-refractivity contribution in [1.82, 2.24) is 4.90 Å². The maximum absolute atomic E-state index is 2.74. The Bertz CT molecular complexity index is 335. The molecule has 0 unspecified atom stereocenters. The average molecular weight is 322 g/mol. The Morgan fingerprint density at radius 3 is 2.13 bits per heavy atom. The molecule has 0 bridgehead atoms. The molecule has 0 spiro atoms. The molecule has 0 saturated heterocycles. The molecule has 0 aromatic rings. The molecule has 2 nitrogen and oxygen atoms in total. The first kappa shape index (κ1) is 18.8. The van der Waals surface area contributed by atoms with Crippen LogP contribution >= 0.6 is 0 Å². The minimum absolute atomic E-state index is 1.32. The summed E-state index contributed by atoms with van der Waals surface area (Å²) in [5, 5.41) is 0. The van der Waals surface area contributed by atoms with Crippen LogP contribution in [0.4, 0.5) is 0 Å². The second kappa shape index (κ2) is 11.9. The summed E-state index contributed by atoms with van der Waals surface area (Å²) in [6.45, 7) is 7.59. The van der Waals surface area contributed by atoms with Crippen molar-refractivity contribution >= 4 is 5.84 Å². The van der Waals surface area contributed by atoms with E-state index in [0.29, 0.717) is 0 Å². The first-order chi connectivity index (χ1) is 11.4. The van der Waals surface area contributed by atoms with Gasteiger partial charge in [-0.25, -0.2) is 0 Å². The molecular weight excluding hydrogens is 280 g/mol. The zero-order valence-corrected chi connectivity index (χ0v) is 15.8. The number of hydrogen-bond acceptors (Lipinski definition) is 1. The molecule has 23 heavy (non-hydrogen) atoms. The van der Waals surface area contributed by atoms with Crippen LogP contribution < -0.4 is 0 Å². The molecule has 0 aromatic carbocycles. The van der Waals surface area contributed by atoms with E-state index in [9.17, 15) is 0 Å². The topological polar surface area (TPSA) is 6.25 Å². The van der Waals surface area contributed by atoms with Crippen LogP contribution in [0, 0.1) is 0 Å². The number of unbranched alkanes of at least 4 members (excludes halogenated alkanes) is 9. The Morgan fingerprint density at radius 2 is 1.39 bits per heavy atom. The number of rotatable bonds is 11. The van der Waals surface area contributed by atoms with Gasteiger partial charge in [-0.2, -0.15) is 0 Å². The van der Waals surface area contributed by atoms with E-state index in [1.165, 1.54) is 122 Å². The summed E-state index contributed by atoms with van der Waals surface area (Å²) >= 11 is 0. The van der Waals surface area contributed by atoms with Crippen molar-refractivity contribution in [2.45, 2.75) is 103 Å². The first-order valence-corrected chi connectivity index (χ1v) is 10.8. The van der Waals surface area contributed by atoms with Crippen LogP contribution in [-0.2, 0) is 0 Å². The zero-order chi connectivity index (χ0) is 16.2. The lowest BCUT2D eigenvalue weighted by Crippen LogP contribution is -2.44. The van der Waals surface area contributed by atoms with Crippen LogP contribution in [0.2, 0.25) is 0 Å². The van der Waals surface area contributed by atoms with E-state index in [1.807, 2.05) is 0 Å². The Morgan fingerprint density at radius 1 is 0.739 bits per heavy atom. The van der Waals surface area contributed by atoms with Gasteiger partial charge >= 0.3 is 0 Å². The molecule has 0 fully saturated rings. The third kappa shape index (κ3) is 7.27. The SMILES string of the molecule is CCCCCCCCCCCCN1CCC[N+]2=C1CCCCC2. The lowest BCUT2D eigenvalue weighted by Gasteiger charge is -2.26. The van der Waals surface area contributed by atoms with Crippen LogP contribution in [0.1, 0.15) is 103 Å². The van der Waals surface area contributed by atoms with E-state index in [0.717, 1.165) is 0 Å². The highest BCUT2D eigenvalue weighted by Gasteiger charge is 2.27. The Kier molecular flexibility index (Phi) is 9.75.